The molecule has 5 nitrogen and oxygen atoms in total. The lowest BCUT2D eigenvalue weighted by Gasteiger charge is -2.35. The van der Waals surface area contributed by atoms with Crippen LogP contribution < -0.4 is 5.32 Å². The quantitative estimate of drug-likeness (QED) is 0.487. The van der Waals surface area contributed by atoms with Crippen LogP contribution >= 0.6 is 0 Å². The van der Waals surface area contributed by atoms with Crippen molar-refractivity contribution in [2.75, 3.05) is 26.7 Å². The van der Waals surface area contributed by atoms with E-state index in [1.807, 2.05) is 32.9 Å². The molecule has 0 bridgehead atoms. The summed E-state index contributed by atoms with van der Waals surface area (Å²) in [7, 11) is 2.13. The number of nitrogens with zero attached hydrogens (tertiary/aromatic N) is 1. The van der Waals surface area contributed by atoms with Crippen molar-refractivity contribution >= 4 is 11.9 Å². The highest BCUT2D eigenvalue weighted by molar-refractivity contribution is 6.03. The number of carbonyl (C=O) groups excluding carboxylic acids is 2. The highest BCUT2D eigenvalue weighted by Gasteiger charge is 2.48. The van der Waals surface area contributed by atoms with Crippen molar-refractivity contribution in [2.24, 2.45) is 11.3 Å². The van der Waals surface area contributed by atoms with Crippen molar-refractivity contribution in [3.63, 3.8) is 0 Å². The summed E-state index contributed by atoms with van der Waals surface area (Å²) in [4.78, 5) is 28.0. The molecule has 1 atom stereocenters. The first-order valence-electron chi connectivity index (χ1n) is 9.08. The molecule has 1 fully saturated rings. The zero-order chi connectivity index (χ0) is 17.8. The Bertz CT molecular complexity index is 487. The molecule has 0 spiro atoms. The van der Waals surface area contributed by atoms with Crippen molar-refractivity contribution < 1.29 is 14.3 Å². The molecule has 1 unspecified atom stereocenters. The van der Waals surface area contributed by atoms with E-state index in [9.17, 15) is 9.59 Å². The Morgan fingerprint density at radius 1 is 1.25 bits per heavy atom. The van der Waals surface area contributed by atoms with Crippen LogP contribution in [0.2, 0.25) is 0 Å². The van der Waals surface area contributed by atoms with Gasteiger partial charge in [-0.15, -0.1) is 0 Å². The second kappa shape index (κ2) is 7.68. The van der Waals surface area contributed by atoms with Crippen LogP contribution in [0.15, 0.2) is 12.2 Å². The maximum absolute atomic E-state index is 12.9. The summed E-state index contributed by atoms with van der Waals surface area (Å²) in [6.45, 7) is 8.32. The Labute approximate surface area is 145 Å². The maximum atomic E-state index is 12.9. The van der Waals surface area contributed by atoms with Gasteiger partial charge in [0, 0.05) is 6.54 Å². The van der Waals surface area contributed by atoms with E-state index in [-0.39, 0.29) is 11.9 Å². The molecule has 1 amide bonds. The van der Waals surface area contributed by atoms with Gasteiger partial charge < -0.3 is 15.0 Å². The second-order valence-electron chi connectivity index (χ2n) is 8.25. The van der Waals surface area contributed by atoms with Crippen molar-refractivity contribution in [1.82, 2.24) is 10.2 Å². The number of ether oxygens (including phenoxy) is 1. The van der Waals surface area contributed by atoms with E-state index in [1.54, 1.807) is 0 Å². The Kier molecular flexibility index (Phi) is 6.07. The number of carbonyl (C=O) groups is 2. The van der Waals surface area contributed by atoms with Crippen molar-refractivity contribution in [2.45, 2.75) is 58.5 Å². The fourth-order valence-electron chi connectivity index (χ4n) is 3.37. The number of allylic oxidation sites excluding steroid dienone is 2. The van der Waals surface area contributed by atoms with Crippen LogP contribution in [-0.2, 0) is 14.3 Å². The van der Waals surface area contributed by atoms with Crippen LogP contribution in [0.5, 0.6) is 0 Å². The smallest absolute Gasteiger partial charge is 0.322 e. The van der Waals surface area contributed by atoms with E-state index < -0.39 is 11.0 Å². The van der Waals surface area contributed by atoms with E-state index in [2.05, 4.69) is 17.3 Å². The average molecular weight is 336 g/mol. The number of nitrogens with one attached hydrogen (secondary N) is 1. The molecule has 1 heterocycles. The summed E-state index contributed by atoms with van der Waals surface area (Å²) in [5.74, 6) is -0.0553. The fraction of sp³-hybridized carbons (Fsp3) is 0.789. The van der Waals surface area contributed by atoms with Crippen LogP contribution in [0.25, 0.3) is 0 Å². The fourth-order valence-corrected chi connectivity index (χ4v) is 3.37. The lowest BCUT2D eigenvalue weighted by molar-refractivity contribution is -0.171. The number of likely N-dealkylation sites (tertiary alicyclic amines) is 1. The van der Waals surface area contributed by atoms with E-state index in [4.69, 9.17) is 4.74 Å². The topological polar surface area (TPSA) is 58.6 Å². The molecule has 0 aromatic carbocycles. The zero-order valence-electron chi connectivity index (χ0n) is 15.6. The number of esters is 1. The molecule has 136 valence electrons. The molecule has 0 radical (unpaired) electrons. The molecule has 2 aliphatic rings. The Morgan fingerprint density at radius 2 is 1.92 bits per heavy atom. The minimum absolute atomic E-state index is 0.167. The van der Waals surface area contributed by atoms with Crippen LogP contribution in [0.1, 0.15) is 52.9 Å². The third-order valence-corrected chi connectivity index (χ3v) is 4.98. The maximum Gasteiger partial charge on any atom is 0.322 e. The average Bonchev–Trinajstić information content (AvgIpc) is 2.53. The molecule has 0 aromatic heterocycles. The van der Waals surface area contributed by atoms with Gasteiger partial charge in [0.2, 0.25) is 5.91 Å². The molecule has 0 saturated carbocycles. The molecule has 1 aliphatic heterocycles. The van der Waals surface area contributed by atoms with Crippen molar-refractivity contribution in [3.8, 4) is 0 Å². The van der Waals surface area contributed by atoms with Crippen LogP contribution in [0.4, 0.5) is 0 Å². The third kappa shape index (κ3) is 4.82. The minimum atomic E-state index is -1.06. The second-order valence-corrected chi connectivity index (χ2v) is 8.25. The first kappa shape index (κ1) is 19.0. The number of hydrogen-bond donors (Lipinski definition) is 1. The van der Waals surface area contributed by atoms with Crippen LogP contribution in [0, 0.1) is 11.3 Å². The summed E-state index contributed by atoms with van der Waals surface area (Å²) >= 11 is 0. The molecule has 1 N–H and O–H groups in total. The Balaban J connectivity index is 2.00. The first-order chi connectivity index (χ1) is 11.2. The molecular formula is C19H32N2O3. The van der Waals surface area contributed by atoms with Crippen LogP contribution in [0.3, 0.4) is 0 Å². The molecule has 5 heteroatoms. The number of piperidine rings is 1. The lowest BCUT2D eigenvalue weighted by Crippen LogP contribution is -2.50. The highest BCUT2D eigenvalue weighted by Crippen LogP contribution is 2.36. The van der Waals surface area contributed by atoms with Gasteiger partial charge in [0.05, 0.1) is 0 Å². The van der Waals surface area contributed by atoms with Crippen LogP contribution in [-0.4, -0.2) is 49.1 Å². The summed E-state index contributed by atoms with van der Waals surface area (Å²) in [5, 5.41) is 3.05. The SMILES string of the molecule is CN1CCC(CNC(=O)C2(C(=O)OC(C)(C)C)CC=CCC2)CC1. The zero-order valence-corrected chi connectivity index (χ0v) is 15.6. The van der Waals surface area contributed by atoms with E-state index in [1.165, 1.54) is 0 Å². The van der Waals surface area contributed by atoms with Gasteiger partial charge in [-0.2, -0.15) is 0 Å². The van der Waals surface area contributed by atoms with Crippen molar-refractivity contribution in [3.05, 3.63) is 12.2 Å². The third-order valence-electron chi connectivity index (χ3n) is 4.98. The molecule has 24 heavy (non-hydrogen) atoms. The highest BCUT2D eigenvalue weighted by atomic mass is 16.6. The van der Waals surface area contributed by atoms with E-state index in [0.29, 0.717) is 25.3 Å². The lowest BCUT2D eigenvalue weighted by atomic mass is 9.76. The predicted molar refractivity (Wildman–Crippen MR) is 94.5 cm³/mol. The number of amides is 1. The normalized spacial score (nSPS) is 26.2. The van der Waals surface area contributed by atoms with Gasteiger partial charge in [-0.25, -0.2) is 0 Å². The molecule has 1 aliphatic carbocycles. The molecular weight excluding hydrogens is 304 g/mol. The van der Waals surface area contributed by atoms with Crippen molar-refractivity contribution in [1.29, 1.82) is 0 Å². The van der Waals surface area contributed by atoms with Gasteiger partial charge in [-0.3, -0.25) is 9.59 Å². The van der Waals surface area contributed by atoms with Gasteiger partial charge in [0.25, 0.3) is 0 Å². The molecule has 0 aromatic rings. The van der Waals surface area contributed by atoms with Gasteiger partial charge in [-0.1, -0.05) is 12.2 Å². The van der Waals surface area contributed by atoms with E-state index in [0.717, 1.165) is 32.4 Å². The summed E-state index contributed by atoms with van der Waals surface area (Å²) in [5.41, 5.74) is -1.65. The molecule has 1 saturated heterocycles. The summed E-state index contributed by atoms with van der Waals surface area (Å²) < 4.78 is 5.57. The van der Waals surface area contributed by atoms with Gasteiger partial charge in [0.15, 0.2) is 0 Å². The Hall–Kier alpha value is -1.36. The molecule has 2 rings (SSSR count). The summed E-state index contributed by atoms with van der Waals surface area (Å²) in [6.07, 6.45) is 7.85. The summed E-state index contributed by atoms with van der Waals surface area (Å²) in [6, 6.07) is 0. The number of rotatable bonds is 4. The van der Waals surface area contributed by atoms with Gasteiger partial charge in [-0.05, 0) is 78.9 Å². The standard InChI is InChI=1S/C19H32N2O3/c1-18(2,3)24-17(23)19(10-6-5-7-11-19)16(22)20-14-15-8-12-21(4)13-9-15/h5-6,15H,7-14H2,1-4H3,(H,20,22). The van der Waals surface area contributed by atoms with Gasteiger partial charge in [0.1, 0.15) is 11.0 Å². The predicted octanol–water partition coefficient (Wildman–Crippen LogP) is 2.51. The van der Waals surface area contributed by atoms with E-state index >= 15 is 0 Å². The number of hydrogen-bond acceptors (Lipinski definition) is 4. The largest absolute Gasteiger partial charge is 0.459 e. The first-order valence-corrected chi connectivity index (χ1v) is 9.08. The monoisotopic (exact) mass is 336 g/mol. The van der Waals surface area contributed by atoms with Gasteiger partial charge >= 0.3 is 5.97 Å². The Morgan fingerprint density at radius 3 is 2.46 bits per heavy atom. The minimum Gasteiger partial charge on any atom is -0.459 e.